The van der Waals surface area contributed by atoms with Gasteiger partial charge in [-0.05, 0) is 16.7 Å². The first kappa shape index (κ1) is 15.3. The van der Waals surface area contributed by atoms with Crippen LogP contribution in [0.3, 0.4) is 0 Å². The summed E-state index contributed by atoms with van der Waals surface area (Å²) < 4.78 is 2.33. The van der Waals surface area contributed by atoms with E-state index in [0.717, 1.165) is 23.1 Å². The highest BCUT2D eigenvalue weighted by Gasteiger charge is 2.27. The van der Waals surface area contributed by atoms with E-state index in [2.05, 4.69) is 65.2 Å². The zero-order valence-corrected chi connectivity index (χ0v) is 14.3. The maximum absolute atomic E-state index is 4.84. The van der Waals surface area contributed by atoms with Gasteiger partial charge in [-0.25, -0.2) is 4.57 Å². The fraction of sp³-hybridized carbons (Fsp3) is 0.111. The molecule has 0 amide bonds. The van der Waals surface area contributed by atoms with E-state index in [0.29, 0.717) is 0 Å². The minimum atomic E-state index is 0. The molecule has 0 fully saturated rings. The Morgan fingerprint density at radius 2 is 1.50 bits per heavy atom. The van der Waals surface area contributed by atoms with Gasteiger partial charge < -0.3 is 17.0 Å². The van der Waals surface area contributed by atoms with Gasteiger partial charge in [-0.1, -0.05) is 60.7 Å². The van der Waals surface area contributed by atoms with Crippen LogP contribution in [0, 0.1) is 0 Å². The molecule has 4 heteroatoms. The van der Waals surface area contributed by atoms with E-state index < -0.39 is 0 Å². The number of hydrogen-bond acceptors (Lipinski definition) is 2. The Morgan fingerprint density at radius 1 is 0.864 bits per heavy atom. The fourth-order valence-corrected chi connectivity index (χ4v) is 3.63. The lowest BCUT2D eigenvalue weighted by Crippen LogP contribution is -3.00. The van der Waals surface area contributed by atoms with Gasteiger partial charge in [-0.2, -0.15) is 0 Å². The van der Waals surface area contributed by atoms with Crippen LogP contribution in [0.15, 0.2) is 71.9 Å². The SMILES string of the molecule is [Br-].c1ccc(-c2cc(-c3ccccc3)[n+]3c(n2)SCC3)cc1. The molecular weight excluding hydrogens is 356 g/mol. The lowest BCUT2D eigenvalue weighted by Gasteiger charge is -2.06. The second-order valence-corrected chi connectivity index (χ2v) is 6.10. The Labute approximate surface area is 145 Å². The van der Waals surface area contributed by atoms with Crippen molar-refractivity contribution in [3.63, 3.8) is 0 Å². The average Bonchev–Trinajstić information content (AvgIpc) is 3.04. The summed E-state index contributed by atoms with van der Waals surface area (Å²) in [5, 5.41) is 1.12. The first-order chi connectivity index (χ1) is 10.4. The molecule has 110 valence electrons. The molecule has 4 rings (SSSR count). The molecule has 1 aliphatic heterocycles. The molecule has 0 spiro atoms. The Balaban J connectivity index is 0.00000144. The van der Waals surface area contributed by atoms with E-state index in [-0.39, 0.29) is 17.0 Å². The number of aromatic nitrogens is 2. The van der Waals surface area contributed by atoms with Crippen molar-refractivity contribution in [3.8, 4) is 22.5 Å². The van der Waals surface area contributed by atoms with E-state index in [1.165, 1.54) is 16.8 Å². The van der Waals surface area contributed by atoms with E-state index in [1.54, 1.807) is 0 Å². The lowest BCUT2D eigenvalue weighted by atomic mass is 10.1. The van der Waals surface area contributed by atoms with Crippen molar-refractivity contribution in [1.29, 1.82) is 0 Å². The molecule has 22 heavy (non-hydrogen) atoms. The van der Waals surface area contributed by atoms with Crippen LogP contribution >= 0.6 is 11.8 Å². The van der Waals surface area contributed by atoms with Gasteiger partial charge in [-0.15, -0.1) is 0 Å². The Morgan fingerprint density at radius 3 is 2.18 bits per heavy atom. The summed E-state index contributed by atoms with van der Waals surface area (Å²) in [6, 6.07) is 23.2. The molecule has 2 nitrogen and oxygen atoms in total. The second kappa shape index (κ2) is 6.63. The summed E-state index contributed by atoms with van der Waals surface area (Å²) in [5.74, 6) is 1.10. The molecule has 0 saturated carbocycles. The van der Waals surface area contributed by atoms with E-state index in [9.17, 15) is 0 Å². The van der Waals surface area contributed by atoms with E-state index in [4.69, 9.17) is 4.98 Å². The van der Waals surface area contributed by atoms with Crippen LogP contribution in [0.25, 0.3) is 22.5 Å². The summed E-state index contributed by atoms with van der Waals surface area (Å²) in [6.45, 7) is 1.03. The quantitative estimate of drug-likeness (QED) is 0.490. The number of benzene rings is 2. The van der Waals surface area contributed by atoms with Gasteiger partial charge in [-0.3, -0.25) is 0 Å². The van der Waals surface area contributed by atoms with Crippen LogP contribution in [-0.2, 0) is 6.54 Å². The monoisotopic (exact) mass is 370 g/mol. The predicted octanol–water partition coefficient (Wildman–Crippen LogP) is 0.813. The molecule has 2 heterocycles. The topological polar surface area (TPSA) is 16.8 Å². The highest BCUT2D eigenvalue weighted by atomic mass is 79.9. The van der Waals surface area contributed by atoms with Crippen LogP contribution < -0.4 is 21.5 Å². The molecule has 3 aromatic rings. The van der Waals surface area contributed by atoms with Crippen LogP contribution in [0.2, 0.25) is 0 Å². The van der Waals surface area contributed by atoms with Gasteiger partial charge in [0, 0.05) is 22.9 Å². The number of thioether (sulfide) groups is 1. The van der Waals surface area contributed by atoms with Crippen molar-refractivity contribution in [2.75, 3.05) is 5.75 Å². The first-order valence-electron chi connectivity index (χ1n) is 7.10. The smallest absolute Gasteiger partial charge is 0.360 e. The van der Waals surface area contributed by atoms with Crippen LogP contribution in [0.5, 0.6) is 0 Å². The minimum absolute atomic E-state index is 0. The van der Waals surface area contributed by atoms with Crippen molar-refractivity contribution >= 4 is 11.8 Å². The third-order valence-electron chi connectivity index (χ3n) is 3.70. The number of nitrogens with zero attached hydrogens (tertiary/aromatic N) is 2. The highest BCUT2D eigenvalue weighted by molar-refractivity contribution is 7.99. The molecule has 0 bridgehead atoms. The maximum atomic E-state index is 4.84. The first-order valence-corrected chi connectivity index (χ1v) is 8.09. The number of halogens is 1. The van der Waals surface area contributed by atoms with Crippen molar-refractivity contribution in [3.05, 3.63) is 66.7 Å². The van der Waals surface area contributed by atoms with Crippen molar-refractivity contribution in [2.45, 2.75) is 11.7 Å². The molecule has 0 saturated heterocycles. The predicted molar refractivity (Wildman–Crippen MR) is 86.0 cm³/mol. The third kappa shape index (κ3) is 2.81. The van der Waals surface area contributed by atoms with Gasteiger partial charge in [0.2, 0.25) is 0 Å². The fourth-order valence-electron chi connectivity index (χ4n) is 2.67. The zero-order chi connectivity index (χ0) is 14.1. The summed E-state index contributed by atoms with van der Waals surface area (Å²) >= 11 is 1.84. The second-order valence-electron chi connectivity index (χ2n) is 5.04. The van der Waals surface area contributed by atoms with Gasteiger partial charge in [0.25, 0.3) is 0 Å². The van der Waals surface area contributed by atoms with Crippen LogP contribution in [0.4, 0.5) is 0 Å². The number of hydrogen-bond donors (Lipinski definition) is 0. The molecule has 0 atom stereocenters. The standard InChI is InChI=1S/C18H15N2S.BrH/c1-3-7-14(8-4-1)16-13-17(15-9-5-2-6-10-15)20-11-12-21-18(20)19-16;/h1-10,13H,11-12H2;1H/q+1;/p-1. The molecular formula is C18H15BrN2S. The van der Waals surface area contributed by atoms with Crippen molar-refractivity contribution in [2.24, 2.45) is 0 Å². The Hall–Kier alpha value is -1.65. The molecule has 1 aromatic heterocycles. The largest absolute Gasteiger partial charge is 1.00 e. The van der Waals surface area contributed by atoms with Gasteiger partial charge in [0.15, 0.2) is 5.69 Å². The Kier molecular flexibility index (Phi) is 4.60. The van der Waals surface area contributed by atoms with E-state index >= 15 is 0 Å². The summed E-state index contributed by atoms with van der Waals surface area (Å²) in [4.78, 5) is 4.84. The summed E-state index contributed by atoms with van der Waals surface area (Å²) in [5.41, 5.74) is 4.73. The zero-order valence-electron chi connectivity index (χ0n) is 11.9. The Bertz CT molecular complexity index is 776. The van der Waals surface area contributed by atoms with Crippen molar-refractivity contribution in [1.82, 2.24) is 4.98 Å². The highest BCUT2D eigenvalue weighted by Crippen LogP contribution is 2.28. The van der Waals surface area contributed by atoms with Crippen LogP contribution in [0.1, 0.15) is 0 Å². The summed E-state index contributed by atoms with van der Waals surface area (Å²) in [6.07, 6.45) is 0. The minimum Gasteiger partial charge on any atom is -1.00 e. The lowest BCUT2D eigenvalue weighted by molar-refractivity contribution is -0.716. The van der Waals surface area contributed by atoms with E-state index in [1.807, 2.05) is 17.8 Å². The molecule has 0 N–H and O–H groups in total. The number of rotatable bonds is 2. The maximum Gasteiger partial charge on any atom is 0.360 e. The molecule has 0 aliphatic carbocycles. The normalized spacial score (nSPS) is 12.5. The molecule has 2 aromatic carbocycles. The molecule has 0 radical (unpaired) electrons. The molecule has 0 unspecified atom stereocenters. The van der Waals surface area contributed by atoms with Gasteiger partial charge in [0.05, 0.1) is 0 Å². The third-order valence-corrected chi connectivity index (χ3v) is 4.65. The summed E-state index contributed by atoms with van der Waals surface area (Å²) in [7, 11) is 0. The van der Waals surface area contributed by atoms with Gasteiger partial charge in [0.1, 0.15) is 12.2 Å². The molecule has 1 aliphatic rings. The number of fused-ring (bicyclic) bond motifs is 1. The average molecular weight is 371 g/mol. The van der Waals surface area contributed by atoms with Crippen molar-refractivity contribution < 1.29 is 21.5 Å². The van der Waals surface area contributed by atoms with Crippen LogP contribution in [-0.4, -0.2) is 10.7 Å². The van der Waals surface area contributed by atoms with Gasteiger partial charge >= 0.3 is 5.16 Å².